The number of amides is 1. The number of piperidine rings is 1. The van der Waals surface area contributed by atoms with Crippen LogP contribution in [-0.4, -0.2) is 38.5 Å². The molecule has 0 bridgehead atoms. The molecule has 0 spiro atoms. The number of ether oxygens (including phenoxy) is 1. The molecular formula is C25H21Cl2F3N2O4S. The number of likely N-dealkylation sites (tertiary alicyclic amines) is 1. The molecule has 1 aliphatic rings. The maximum Gasteiger partial charge on any atom is 0.391 e. The first-order valence-corrected chi connectivity index (χ1v) is 13.4. The van der Waals surface area contributed by atoms with Crippen molar-refractivity contribution >= 4 is 44.8 Å². The highest BCUT2D eigenvalue weighted by Crippen LogP contribution is 2.35. The number of anilines is 1. The summed E-state index contributed by atoms with van der Waals surface area (Å²) in [7, 11) is -4.13. The van der Waals surface area contributed by atoms with Gasteiger partial charge in [0.2, 0.25) is 0 Å². The molecular weight excluding hydrogens is 552 g/mol. The highest BCUT2D eigenvalue weighted by Gasteiger charge is 2.42. The van der Waals surface area contributed by atoms with Gasteiger partial charge in [0.05, 0.1) is 27.1 Å². The van der Waals surface area contributed by atoms with Crippen LogP contribution in [0.1, 0.15) is 23.2 Å². The van der Waals surface area contributed by atoms with E-state index in [-0.39, 0.29) is 47.1 Å². The molecule has 4 rings (SSSR count). The Morgan fingerprint density at radius 1 is 0.973 bits per heavy atom. The second-order valence-electron chi connectivity index (χ2n) is 8.41. The van der Waals surface area contributed by atoms with Crippen LogP contribution in [0, 0.1) is 5.92 Å². The molecule has 0 aromatic heterocycles. The standard InChI is InChI=1S/C25H21Cl2F3N2O4S/c26-17-5-10-22(20(15-17)24(33)32-13-11-16(12-14-32)25(28,29)30)31-37(34,35)19-8-6-18(7-9-19)36-23-4-2-1-3-21(23)27/h1-10,15-16,31H,11-14H2. The largest absolute Gasteiger partial charge is 0.456 e. The first-order valence-electron chi connectivity index (χ1n) is 11.1. The fraction of sp³-hybridized carbons (Fsp3) is 0.240. The zero-order chi connectivity index (χ0) is 26.8. The normalized spacial score (nSPS) is 14.9. The second kappa shape index (κ2) is 10.8. The number of benzene rings is 3. The molecule has 196 valence electrons. The van der Waals surface area contributed by atoms with E-state index in [1.165, 1.54) is 47.4 Å². The molecule has 3 aromatic carbocycles. The second-order valence-corrected chi connectivity index (χ2v) is 10.9. The maximum absolute atomic E-state index is 13.1. The number of sulfonamides is 1. The summed E-state index contributed by atoms with van der Waals surface area (Å²) in [6.45, 7) is -0.205. The molecule has 1 heterocycles. The summed E-state index contributed by atoms with van der Waals surface area (Å²) in [5.41, 5.74) is -0.0936. The van der Waals surface area contributed by atoms with Gasteiger partial charge in [0, 0.05) is 18.1 Å². The Kier molecular flexibility index (Phi) is 7.91. The fourth-order valence-corrected chi connectivity index (χ4v) is 5.33. The maximum atomic E-state index is 13.1. The number of carbonyl (C=O) groups excluding carboxylic acids is 1. The molecule has 0 atom stereocenters. The van der Waals surface area contributed by atoms with Crippen molar-refractivity contribution < 1.29 is 31.1 Å². The minimum atomic E-state index is -4.32. The van der Waals surface area contributed by atoms with E-state index in [0.29, 0.717) is 16.5 Å². The number of rotatable bonds is 6. The van der Waals surface area contributed by atoms with E-state index < -0.39 is 28.0 Å². The monoisotopic (exact) mass is 572 g/mol. The van der Waals surface area contributed by atoms with Gasteiger partial charge < -0.3 is 9.64 Å². The lowest BCUT2D eigenvalue weighted by molar-refractivity contribution is -0.183. The van der Waals surface area contributed by atoms with Crippen molar-refractivity contribution in [2.24, 2.45) is 5.92 Å². The van der Waals surface area contributed by atoms with Crippen molar-refractivity contribution in [2.75, 3.05) is 17.8 Å². The summed E-state index contributed by atoms with van der Waals surface area (Å²) in [6.07, 6.45) is -4.76. The van der Waals surface area contributed by atoms with E-state index in [0.717, 1.165) is 0 Å². The molecule has 0 unspecified atom stereocenters. The van der Waals surface area contributed by atoms with Gasteiger partial charge in [0.25, 0.3) is 15.9 Å². The molecule has 6 nitrogen and oxygen atoms in total. The number of nitrogens with one attached hydrogen (secondary N) is 1. The molecule has 1 fully saturated rings. The van der Waals surface area contributed by atoms with Crippen LogP contribution < -0.4 is 9.46 Å². The van der Waals surface area contributed by atoms with Gasteiger partial charge in [-0.2, -0.15) is 13.2 Å². The quantitative estimate of drug-likeness (QED) is 0.345. The number of halogens is 5. The van der Waals surface area contributed by atoms with Crippen LogP contribution in [0.2, 0.25) is 10.0 Å². The van der Waals surface area contributed by atoms with E-state index in [2.05, 4.69) is 4.72 Å². The van der Waals surface area contributed by atoms with E-state index >= 15 is 0 Å². The van der Waals surface area contributed by atoms with Crippen molar-refractivity contribution in [3.05, 3.63) is 82.3 Å². The molecule has 1 N–H and O–H groups in total. The van der Waals surface area contributed by atoms with Crippen LogP contribution in [-0.2, 0) is 10.0 Å². The van der Waals surface area contributed by atoms with Crippen molar-refractivity contribution in [2.45, 2.75) is 23.9 Å². The van der Waals surface area contributed by atoms with Crippen LogP contribution in [0.4, 0.5) is 18.9 Å². The Labute approximate surface area is 222 Å². The number of alkyl halides is 3. The Morgan fingerprint density at radius 2 is 1.62 bits per heavy atom. The van der Waals surface area contributed by atoms with Gasteiger partial charge in [-0.1, -0.05) is 35.3 Å². The Balaban J connectivity index is 1.51. The average molecular weight is 573 g/mol. The smallest absolute Gasteiger partial charge is 0.391 e. The third-order valence-corrected chi connectivity index (χ3v) is 7.83. The van der Waals surface area contributed by atoms with Crippen molar-refractivity contribution in [3.63, 3.8) is 0 Å². The molecule has 0 saturated carbocycles. The summed E-state index contributed by atoms with van der Waals surface area (Å²) >= 11 is 12.1. The molecule has 12 heteroatoms. The fourth-order valence-electron chi connectivity index (χ4n) is 3.91. The van der Waals surface area contributed by atoms with Gasteiger partial charge >= 0.3 is 6.18 Å². The van der Waals surface area contributed by atoms with Gasteiger partial charge in [0.15, 0.2) is 0 Å². The van der Waals surface area contributed by atoms with Gasteiger partial charge in [-0.05, 0) is 67.4 Å². The highest BCUT2D eigenvalue weighted by atomic mass is 35.5. The lowest BCUT2D eigenvalue weighted by atomic mass is 9.95. The minimum Gasteiger partial charge on any atom is -0.456 e. The van der Waals surface area contributed by atoms with E-state index in [9.17, 15) is 26.4 Å². The van der Waals surface area contributed by atoms with Crippen LogP contribution >= 0.6 is 23.2 Å². The van der Waals surface area contributed by atoms with Gasteiger partial charge in [-0.15, -0.1) is 0 Å². The Morgan fingerprint density at radius 3 is 2.24 bits per heavy atom. The van der Waals surface area contributed by atoms with Crippen LogP contribution in [0.25, 0.3) is 0 Å². The van der Waals surface area contributed by atoms with Crippen molar-refractivity contribution in [1.82, 2.24) is 4.90 Å². The zero-order valence-electron chi connectivity index (χ0n) is 19.1. The molecule has 0 radical (unpaired) electrons. The highest BCUT2D eigenvalue weighted by molar-refractivity contribution is 7.92. The topological polar surface area (TPSA) is 75.7 Å². The van der Waals surface area contributed by atoms with Gasteiger partial charge in [-0.25, -0.2) is 8.42 Å². The molecule has 3 aromatic rings. The van der Waals surface area contributed by atoms with Gasteiger partial charge in [-0.3, -0.25) is 9.52 Å². The predicted octanol–water partition coefficient (Wildman–Crippen LogP) is 7.00. The molecule has 1 saturated heterocycles. The first kappa shape index (κ1) is 27.1. The molecule has 37 heavy (non-hydrogen) atoms. The zero-order valence-corrected chi connectivity index (χ0v) is 21.5. The average Bonchev–Trinajstić information content (AvgIpc) is 2.86. The lowest BCUT2D eigenvalue weighted by Crippen LogP contribution is -2.42. The summed E-state index contributed by atoms with van der Waals surface area (Å²) < 4.78 is 73.2. The van der Waals surface area contributed by atoms with Crippen molar-refractivity contribution in [3.8, 4) is 11.5 Å². The summed E-state index contributed by atoms with van der Waals surface area (Å²) in [5.74, 6) is -1.32. The van der Waals surface area contributed by atoms with E-state index in [4.69, 9.17) is 27.9 Å². The van der Waals surface area contributed by atoms with Crippen LogP contribution in [0.15, 0.2) is 71.6 Å². The van der Waals surface area contributed by atoms with Crippen molar-refractivity contribution in [1.29, 1.82) is 0 Å². The number of nitrogens with zero attached hydrogens (tertiary/aromatic N) is 1. The molecule has 1 aliphatic heterocycles. The number of carbonyl (C=O) groups is 1. The Hall–Kier alpha value is -2.95. The Bertz CT molecular complexity index is 1390. The number of hydrogen-bond acceptors (Lipinski definition) is 4. The SMILES string of the molecule is O=C(c1cc(Cl)ccc1NS(=O)(=O)c1ccc(Oc2ccccc2Cl)cc1)N1CCC(C(F)(F)F)CC1. The van der Waals surface area contributed by atoms with Crippen LogP contribution in [0.3, 0.4) is 0 Å². The third kappa shape index (κ3) is 6.49. The number of hydrogen-bond donors (Lipinski definition) is 1. The van der Waals surface area contributed by atoms with Crippen LogP contribution in [0.5, 0.6) is 11.5 Å². The predicted molar refractivity (Wildman–Crippen MR) is 135 cm³/mol. The summed E-state index contributed by atoms with van der Waals surface area (Å²) in [5, 5.41) is 0.570. The number of para-hydroxylation sites is 1. The molecule has 1 amide bonds. The van der Waals surface area contributed by atoms with Gasteiger partial charge in [0.1, 0.15) is 11.5 Å². The molecule has 0 aliphatic carbocycles. The lowest BCUT2D eigenvalue weighted by Gasteiger charge is -2.33. The minimum absolute atomic E-state index is 0.0382. The van der Waals surface area contributed by atoms with E-state index in [1.807, 2.05) is 0 Å². The summed E-state index contributed by atoms with van der Waals surface area (Å²) in [6, 6.07) is 16.4. The van der Waals surface area contributed by atoms with E-state index in [1.54, 1.807) is 24.3 Å². The first-order chi connectivity index (χ1) is 17.4. The third-order valence-electron chi connectivity index (χ3n) is 5.90. The summed E-state index contributed by atoms with van der Waals surface area (Å²) in [4.78, 5) is 14.3.